The zero-order chi connectivity index (χ0) is 10.6. The fourth-order valence-electron chi connectivity index (χ4n) is 2.90. The molecule has 0 aliphatic heterocycles. The molecule has 2 unspecified atom stereocenters. The van der Waals surface area contributed by atoms with Gasteiger partial charge in [0.1, 0.15) is 0 Å². The molecule has 1 nitrogen and oxygen atoms in total. The Morgan fingerprint density at radius 1 is 1.14 bits per heavy atom. The molecule has 1 N–H and O–H groups in total. The van der Waals surface area contributed by atoms with E-state index in [0.717, 1.165) is 17.8 Å². The molecule has 1 fully saturated rings. The third kappa shape index (κ3) is 3.27. The average molecular weight is 197 g/mol. The molecule has 0 aromatic carbocycles. The quantitative estimate of drug-likeness (QED) is 0.712. The Bertz CT molecular complexity index is 147. The second-order valence-corrected chi connectivity index (χ2v) is 5.37. The number of nitrogens with one attached hydrogen (secondary N) is 1. The van der Waals surface area contributed by atoms with E-state index in [1.165, 1.54) is 32.1 Å². The van der Waals surface area contributed by atoms with E-state index in [4.69, 9.17) is 0 Å². The summed E-state index contributed by atoms with van der Waals surface area (Å²) in [6.45, 7) is 7.07. The molecule has 0 saturated heterocycles. The Morgan fingerprint density at radius 3 is 2.14 bits per heavy atom. The summed E-state index contributed by atoms with van der Waals surface area (Å²) in [5, 5.41) is 3.42. The first-order valence-corrected chi connectivity index (χ1v) is 6.32. The fourth-order valence-corrected chi connectivity index (χ4v) is 2.90. The Hall–Kier alpha value is -0.0400. The van der Waals surface area contributed by atoms with Crippen LogP contribution in [0.4, 0.5) is 0 Å². The van der Waals surface area contributed by atoms with Crippen LogP contribution in [-0.4, -0.2) is 13.1 Å². The maximum Gasteiger partial charge on any atom is 0.00665 e. The van der Waals surface area contributed by atoms with E-state index in [1.807, 2.05) is 0 Å². The van der Waals surface area contributed by atoms with Crippen LogP contribution in [0.15, 0.2) is 0 Å². The molecule has 1 aliphatic carbocycles. The average Bonchev–Trinajstić information content (AvgIpc) is 2.65. The van der Waals surface area contributed by atoms with E-state index >= 15 is 0 Å². The molecular formula is C13H27N. The Balaban J connectivity index is 2.41. The van der Waals surface area contributed by atoms with Gasteiger partial charge in [-0.25, -0.2) is 0 Å². The van der Waals surface area contributed by atoms with Gasteiger partial charge in [-0.15, -0.1) is 0 Å². The molecule has 0 radical (unpaired) electrons. The van der Waals surface area contributed by atoms with E-state index in [0.29, 0.717) is 6.04 Å². The Morgan fingerprint density at radius 2 is 1.71 bits per heavy atom. The molecular weight excluding hydrogens is 170 g/mol. The first-order chi connectivity index (χ1) is 6.65. The molecule has 0 bridgehead atoms. The van der Waals surface area contributed by atoms with E-state index in [9.17, 15) is 0 Å². The molecule has 14 heavy (non-hydrogen) atoms. The summed E-state index contributed by atoms with van der Waals surface area (Å²) in [4.78, 5) is 0. The lowest BCUT2D eigenvalue weighted by atomic mass is 9.81. The minimum absolute atomic E-state index is 0.676. The van der Waals surface area contributed by atoms with Crippen molar-refractivity contribution < 1.29 is 0 Å². The van der Waals surface area contributed by atoms with Gasteiger partial charge in [0.25, 0.3) is 0 Å². The van der Waals surface area contributed by atoms with Crippen LogP contribution in [0, 0.1) is 17.8 Å². The predicted molar refractivity (Wildman–Crippen MR) is 63.4 cm³/mol. The Labute approximate surface area is 89.7 Å². The molecule has 0 heterocycles. The summed E-state index contributed by atoms with van der Waals surface area (Å²) < 4.78 is 0. The molecule has 1 saturated carbocycles. The number of hydrogen-bond donors (Lipinski definition) is 1. The summed E-state index contributed by atoms with van der Waals surface area (Å²) in [6.07, 6.45) is 7.37. The van der Waals surface area contributed by atoms with Crippen molar-refractivity contribution in [1.82, 2.24) is 5.32 Å². The highest BCUT2D eigenvalue weighted by Gasteiger charge is 2.25. The third-order valence-corrected chi connectivity index (χ3v) is 4.03. The zero-order valence-corrected chi connectivity index (χ0v) is 10.3. The second-order valence-electron chi connectivity index (χ2n) is 5.37. The topological polar surface area (TPSA) is 12.0 Å². The van der Waals surface area contributed by atoms with Gasteiger partial charge >= 0.3 is 0 Å². The van der Waals surface area contributed by atoms with Crippen LogP contribution in [0.25, 0.3) is 0 Å². The van der Waals surface area contributed by atoms with E-state index in [-0.39, 0.29) is 0 Å². The normalized spacial score (nSPS) is 22.9. The van der Waals surface area contributed by atoms with Crippen LogP contribution < -0.4 is 5.32 Å². The van der Waals surface area contributed by atoms with Crippen LogP contribution in [0.2, 0.25) is 0 Å². The maximum atomic E-state index is 3.42. The van der Waals surface area contributed by atoms with Crippen molar-refractivity contribution in [3.05, 3.63) is 0 Å². The van der Waals surface area contributed by atoms with Crippen molar-refractivity contribution in [2.24, 2.45) is 17.8 Å². The summed E-state index contributed by atoms with van der Waals surface area (Å²) in [5.41, 5.74) is 0. The smallest absolute Gasteiger partial charge is 0.00665 e. The summed E-state index contributed by atoms with van der Waals surface area (Å²) in [6, 6.07) is 0.676. The van der Waals surface area contributed by atoms with E-state index < -0.39 is 0 Å². The molecule has 0 amide bonds. The molecule has 0 aromatic rings. The first-order valence-electron chi connectivity index (χ1n) is 6.32. The van der Waals surface area contributed by atoms with Gasteiger partial charge < -0.3 is 5.32 Å². The van der Waals surface area contributed by atoms with Gasteiger partial charge in [0.15, 0.2) is 0 Å². The van der Waals surface area contributed by atoms with Gasteiger partial charge in [0.2, 0.25) is 0 Å². The standard InChI is InChI=1S/C13H27N/c1-10(2)13(11(3)14-4)9-12-7-5-6-8-12/h10-14H,5-9H2,1-4H3. The van der Waals surface area contributed by atoms with Gasteiger partial charge in [-0.3, -0.25) is 0 Å². The largest absolute Gasteiger partial charge is 0.317 e. The number of rotatable bonds is 5. The van der Waals surface area contributed by atoms with Gasteiger partial charge in [-0.05, 0) is 38.1 Å². The van der Waals surface area contributed by atoms with Gasteiger partial charge in [-0.1, -0.05) is 39.5 Å². The predicted octanol–water partition coefficient (Wildman–Crippen LogP) is 3.45. The van der Waals surface area contributed by atoms with Crippen molar-refractivity contribution in [1.29, 1.82) is 0 Å². The highest BCUT2D eigenvalue weighted by molar-refractivity contribution is 4.79. The minimum atomic E-state index is 0.676. The van der Waals surface area contributed by atoms with Crippen LogP contribution >= 0.6 is 0 Å². The van der Waals surface area contributed by atoms with E-state index in [1.54, 1.807) is 0 Å². The van der Waals surface area contributed by atoms with Crippen LogP contribution in [-0.2, 0) is 0 Å². The molecule has 0 spiro atoms. The van der Waals surface area contributed by atoms with Gasteiger partial charge in [0.05, 0.1) is 0 Å². The zero-order valence-electron chi connectivity index (χ0n) is 10.3. The molecule has 1 aliphatic rings. The third-order valence-electron chi connectivity index (χ3n) is 4.03. The summed E-state index contributed by atoms with van der Waals surface area (Å²) in [7, 11) is 2.09. The second kappa shape index (κ2) is 5.75. The lowest BCUT2D eigenvalue weighted by molar-refractivity contribution is 0.242. The molecule has 84 valence electrons. The highest BCUT2D eigenvalue weighted by atomic mass is 14.9. The van der Waals surface area contributed by atoms with Crippen LogP contribution in [0.3, 0.4) is 0 Å². The van der Waals surface area contributed by atoms with Crippen molar-refractivity contribution >= 4 is 0 Å². The van der Waals surface area contributed by atoms with Crippen molar-refractivity contribution in [2.45, 2.75) is 58.9 Å². The maximum absolute atomic E-state index is 3.42. The fraction of sp³-hybridized carbons (Fsp3) is 1.00. The van der Waals surface area contributed by atoms with Gasteiger partial charge in [0, 0.05) is 6.04 Å². The van der Waals surface area contributed by atoms with Gasteiger partial charge in [-0.2, -0.15) is 0 Å². The first kappa shape index (κ1) is 12.0. The summed E-state index contributed by atoms with van der Waals surface area (Å²) >= 11 is 0. The Kier molecular flexibility index (Phi) is 4.94. The van der Waals surface area contributed by atoms with Crippen molar-refractivity contribution in [2.75, 3.05) is 7.05 Å². The molecule has 2 atom stereocenters. The lowest BCUT2D eigenvalue weighted by Crippen LogP contribution is -2.34. The minimum Gasteiger partial charge on any atom is -0.317 e. The van der Waals surface area contributed by atoms with Crippen LogP contribution in [0.1, 0.15) is 52.9 Å². The lowest BCUT2D eigenvalue weighted by Gasteiger charge is -2.29. The van der Waals surface area contributed by atoms with Crippen molar-refractivity contribution in [3.8, 4) is 0 Å². The van der Waals surface area contributed by atoms with E-state index in [2.05, 4.69) is 33.1 Å². The van der Waals surface area contributed by atoms with Crippen LogP contribution in [0.5, 0.6) is 0 Å². The molecule has 1 rings (SSSR count). The number of hydrogen-bond acceptors (Lipinski definition) is 1. The SMILES string of the molecule is CNC(C)C(CC1CCCC1)C(C)C. The van der Waals surface area contributed by atoms with Crippen molar-refractivity contribution in [3.63, 3.8) is 0 Å². The highest BCUT2D eigenvalue weighted by Crippen LogP contribution is 2.33. The summed E-state index contributed by atoms with van der Waals surface area (Å²) in [5.74, 6) is 2.71. The molecule has 0 aromatic heterocycles. The molecule has 1 heteroatoms. The monoisotopic (exact) mass is 197 g/mol.